The SMILES string of the molecule is C=CCC[Si](CC=C)(CCCCl)OC. The van der Waals surface area contributed by atoms with E-state index in [1.54, 1.807) is 0 Å². The highest BCUT2D eigenvalue weighted by Gasteiger charge is 2.30. The Labute approximate surface area is 93.9 Å². The third kappa shape index (κ3) is 4.98. The van der Waals surface area contributed by atoms with Crippen LogP contribution in [-0.4, -0.2) is 21.3 Å². The number of rotatable bonds is 9. The highest BCUT2D eigenvalue weighted by Crippen LogP contribution is 2.26. The molecular formula is C11H21ClOSi. The molecule has 1 atom stereocenters. The Kier molecular flexibility index (Phi) is 8.24. The standard InChI is InChI=1S/C11H21ClOSi/c1-4-6-10-14(13-3,9-5-2)11-7-8-12/h4-5H,1-2,6-11H2,3H3. The van der Waals surface area contributed by atoms with Gasteiger partial charge >= 0.3 is 0 Å². The second kappa shape index (κ2) is 8.27. The summed E-state index contributed by atoms with van der Waals surface area (Å²) in [6, 6.07) is 3.29. The molecule has 0 aromatic carbocycles. The molecule has 0 aromatic rings. The van der Waals surface area contributed by atoms with Crippen LogP contribution in [0.25, 0.3) is 0 Å². The summed E-state index contributed by atoms with van der Waals surface area (Å²) in [5.41, 5.74) is 0. The fraction of sp³-hybridized carbons (Fsp3) is 0.636. The molecule has 0 aliphatic rings. The highest BCUT2D eigenvalue weighted by molar-refractivity contribution is 6.74. The van der Waals surface area contributed by atoms with E-state index in [1.807, 2.05) is 19.3 Å². The molecule has 0 N–H and O–H groups in total. The number of halogens is 1. The predicted octanol–water partition coefficient (Wildman–Crippen LogP) is 3.97. The molecule has 0 heterocycles. The molecule has 0 aromatic heterocycles. The van der Waals surface area contributed by atoms with Crippen LogP contribution < -0.4 is 0 Å². The normalized spacial score (nSPS) is 14.7. The van der Waals surface area contributed by atoms with E-state index in [2.05, 4.69) is 13.2 Å². The van der Waals surface area contributed by atoms with Gasteiger partial charge in [0.05, 0.1) is 0 Å². The summed E-state index contributed by atoms with van der Waals surface area (Å²) in [6.45, 7) is 7.56. The maximum Gasteiger partial charge on any atom is 0.196 e. The van der Waals surface area contributed by atoms with Gasteiger partial charge in [0.15, 0.2) is 8.32 Å². The van der Waals surface area contributed by atoms with Gasteiger partial charge in [0.2, 0.25) is 0 Å². The van der Waals surface area contributed by atoms with Crippen molar-refractivity contribution in [1.29, 1.82) is 0 Å². The largest absolute Gasteiger partial charge is 0.420 e. The molecule has 82 valence electrons. The molecule has 0 fully saturated rings. The van der Waals surface area contributed by atoms with Crippen molar-refractivity contribution < 1.29 is 4.43 Å². The van der Waals surface area contributed by atoms with Crippen LogP contribution in [0.5, 0.6) is 0 Å². The van der Waals surface area contributed by atoms with Crippen LogP contribution in [0.4, 0.5) is 0 Å². The van der Waals surface area contributed by atoms with E-state index in [0.29, 0.717) is 0 Å². The van der Waals surface area contributed by atoms with E-state index in [4.69, 9.17) is 16.0 Å². The lowest BCUT2D eigenvalue weighted by Crippen LogP contribution is -2.36. The first kappa shape index (κ1) is 13.9. The summed E-state index contributed by atoms with van der Waals surface area (Å²) in [5, 5.41) is 0. The topological polar surface area (TPSA) is 9.23 Å². The summed E-state index contributed by atoms with van der Waals surface area (Å²) in [5.74, 6) is 0.726. The van der Waals surface area contributed by atoms with Crippen LogP contribution in [0.3, 0.4) is 0 Å². The molecule has 0 rings (SSSR count). The lowest BCUT2D eigenvalue weighted by Gasteiger charge is -2.28. The Bertz CT molecular complexity index is 173. The molecular weight excluding hydrogens is 212 g/mol. The molecule has 14 heavy (non-hydrogen) atoms. The Morgan fingerprint density at radius 3 is 2.43 bits per heavy atom. The Hall–Kier alpha value is -0.0531. The average molecular weight is 233 g/mol. The predicted molar refractivity (Wildman–Crippen MR) is 67.5 cm³/mol. The number of allylic oxidation sites excluding steroid dienone is 2. The second-order valence-electron chi connectivity index (χ2n) is 3.50. The van der Waals surface area contributed by atoms with Crippen LogP contribution in [0.15, 0.2) is 25.3 Å². The minimum Gasteiger partial charge on any atom is -0.420 e. The fourth-order valence-corrected chi connectivity index (χ4v) is 5.30. The molecule has 0 radical (unpaired) electrons. The summed E-state index contributed by atoms with van der Waals surface area (Å²) in [6.07, 6.45) is 6.03. The fourth-order valence-electron chi connectivity index (χ4n) is 1.63. The van der Waals surface area contributed by atoms with Crippen LogP contribution in [-0.2, 0) is 4.43 Å². The van der Waals surface area contributed by atoms with E-state index in [9.17, 15) is 0 Å². The molecule has 1 unspecified atom stereocenters. The first-order valence-corrected chi connectivity index (χ1v) is 8.14. The number of hydrogen-bond acceptors (Lipinski definition) is 1. The zero-order valence-electron chi connectivity index (χ0n) is 9.10. The van der Waals surface area contributed by atoms with E-state index in [0.717, 1.165) is 36.9 Å². The van der Waals surface area contributed by atoms with Gasteiger partial charge in [0.25, 0.3) is 0 Å². The monoisotopic (exact) mass is 232 g/mol. The van der Waals surface area contributed by atoms with Crippen molar-refractivity contribution in [3.63, 3.8) is 0 Å². The zero-order chi connectivity index (χ0) is 10.9. The molecule has 0 aliphatic heterocycles. The van der Waals surface area contributed by atoms with E-state index in [1.165, 1.54) is 0 Å². The van der Waals surface area contributed by atoms with Gasteiger partial charge in [-0.1, -0.05) is 12.2 Å². The molecule has 0 saturated heterocycles. The quantitative estimate of drug-likeness (QED) is 0.332. The van der Waals surface area contributed by atoms with Crippen molar-refractivity contribution in [2.45, 2.75) is 31.0 Å². The first-order valence-electron chi connectivity index (χ1n) is 5.07. The molecule has 1 nitrogen and oxygen atoms in total. The number of alkyl halides is 1. The first-order chi connectivity index (χ1) is 6.74. The molecule has 3 heteroatoms. The van der Waals surface area contributed by atoms with Crippen molar-refractivity contribution in [2.24, 2.45) is 0 Å². The van der Waals surface area contributed by atoms with Gasteiger partial charge in [0.1, 0.15) is 0 Å². The van der Waals surface area contributed by atoms with Gasteiger partial charge in [-0.05, 0) is 31.0 Å². The van der Waals surface area contributed by atoms with Crippen LogP contribution in [0.1, 0.15) is 12.8 Å². The molecule has 0 aliphatic carbocycles. The van der Waals surface area contributed by atoms with Gasteiger partial charge in [-0.15, -0.1) is 24.8 Å². The van der Waals surface area contributed by atoms with E-state index < -0.39 is 8.32 Å². The lowest BCUT2D eigenvalue weighted by atomic mass is 10.5. The summed E-state index contributed by atoms with van der Waals surface area (Å²) in [4.78, 5) is 0. The van der Waals surface area contributed by atoms with Gasteiger partial charge in [-0.3, -0.25) is 0 Å². The Morgan fingerprint density at radius 1 is 1.29 bits per heavy atom. The van der Waals surface area contributed by atoms with Crippen molar-refractivity contribution in [2.75, 3.05) is 13.0 Å². The second-order valence-corrected chi connectivity index (χ2v) is 8.06. The van der Waals surface area contributed by atoms with E-state index in [-0.39, 0.29) is 0 Å². The summed E-state index contributed by atoms with van der Waals surface area (Å²) < 4.78 is 5.74. The summed E-state index contributed by atoms with van der Waals surface area (Å²) >= 11 is 5.72. The van der Waals surface area contributed by atoms with Gasteiger partial charge in [-0.2, -0.15) is 0 Å². The van der Waals surface area contributed by atoms with Gasteiger partial charge < -0.3 is 4.43 Å². The van der Waals surface area contributed by atoms with Crippen LogP contribution in [0.2, 0.25) is 18.1 Å². The maximum atomic E-state index is 5.74. The summed E-state index contributed by atoms with van der Waals surface area (Å²) in [7, 11) is 0.241. The smallest absolute Gasteiger partial charge is 0.196 e. The lowest BCUT2D eigenvalue weighted by molar-refractivity contribution is 0.391. The van der Waals surface area contributed by atoms with Gasteiger partial charge in [0, 0.05) is 13.0 Å². The number of hydrogen-bond donors (Lipinski definition) is 0. The minimum absolute atomic E-state index is 0.726. The van der Waals surface area contributed by atoms with E-state index >= 15 is 0 Å². The minimum atomic E-state index is -1.59. The third-order valence-electron chi connectivity index (χ3n) is 2.52. The zero-order valence-corrected chi connectivity index (χ0v) is 10.9. The van der Waals surface area contributed by atoms with Crippen molar-refractivity contribution >= 4 is 19.9 Å². The highest BCUT2D eigenvalue weighted by atomic mass is 35.5. The van der Waals surface area contributed by atoms with Crippen LogP contribution in [0, 0.1) is 0 Å². The molecule has 0 saturated carbocycles. The Morgan fingerprint density at radius 2 is 2.00 bits per heavy atom. The Balaban J connectivity index is 4.24. The van der Waals surface area contributed by atoms with Crippen LogP contribution >= 0.6 is 11.6 Å². The van der Waals surface area contributed by atoms with Crippen molar-refractivity contribution in [3.8, 4) is 0 Å². The third-order valence-corrected chi connectivity index (χ3v) is 7.15. The van der Waals surface area contributed by atoms with Crippen molar-refractivity contribution in [3.05, 3.63) is 25.3 Å². The molecule has 0 bridgehead atoms. The van der Waals surface area contributed by atoms with Gasteiger partial charge in [-0.25, -0.2) is 0 Å². The molecule has 0 amide bonds. The van der Waals surface area contributed by atoms with Crippen molar-refractivity contribution in [1.82, 2.24) is 0 Å². The molecule has 0 spiro atoms. The maximum absolute atomic E-state index is 5.74. The average Bonchev–Trinajstić information content (AvgIpc) is 2.22.